The highest BCUT2D eigenvalue weighted by Crippen LogP contribution is 2.04. The van der Waals surface area contributed by atoms with Gasteiger partial charge in [0.2, 0.25) is 0 Å². The van der Waals surface area contributed by atoms with E-state index in [4.69, 9.17) is 0 Å². The van der Waals surface area contributed by atoms with Crippen LogP contribution in [0.5, 0.6) is 0 Å². The van der Waals surface area contributed by atoms with Crippen molar-refractivity contribution in [1.29, 1.82) is 0 Å². The van der Waals surface area contributed by atoms with Crippen LogP contribution in [0.3, 0.4) is 0 Å². The van der Waals surface area contributed by atoms with Gasteiger partial charge in [0.1, 0.15) is 5.52 Å². The Morgan fingerprint density at radius 3 is 2.82 bits per heavy atom. The molecule has 1 heterocycles. The Morgan fingerprint density at radius 2 is 2.00 bits per heavy atom. The van der Waals surface area contributed by atoms with E-state index < -0.39 is 0 Å². The molecule has 1 aromatic carbocycles. The lowest BCUT2D eigenvalue weighted by molar-refractivity contribution is 0.502. The van der Waals surface area contributed by atoms with Crippen LogP contribution >= 0.6 is 0 Å². The standard InChI is InChI=1S/C13H17N3O/c1-2-3-4-7-10-16-13(17)11-8-5-6-9-12(11)14-15-16/h5-6,8-9H,2-4,7,10H2,1H3. The topological polar surface area (TPSA) is 47.8 Å². The van der Waals surface area contributed by atoms with Crippen molar-refractivity contribution in [3.05, 3.63) is 34.6 Å². The fourth-order valence-corrected chi connectivity index (χ4v) is 1.86. The first-order valence-electron chi connectivity index (χ1n) is 6.15. The normalized spacial score (nSPS) is 10.9. The third-order valence-corrected chi connectivity index (χ3v) is 2.85. The van der Waals surface area contributed by atoms with Gasteiger partial charge in [0.15, 0.2) is 0 Å². The van der Waals surface area contributed by atoms with Crippen LogP contribution in [0.4, 0.5) is 0 Å². The molecular formula is C13H17N3O. The Labute approximate surface area is 100 Å². The van der Waals surface area contributed by atoms with Gasteiger partial charge in [-0.3, -0.25) is 4.79 Å². The summed E-state index contributed by atoms with van der Waals surface area (Å²) in [5, 5.41) is 8.66. The molecule has 0 fully saturated rings. The summed E-state index contributed by atoms with van der Waals surface area (Å²) in [6.45, 7) is 2.83. The average molecular weight is 231 g/mol. The molecule has 1 aromatic heterocycles. The summed E-state index contributed by atoms with van der Waals surface area (Å²) in [6.07, 6.45) is 4.52. The Bertz CT molecular complexity index is 548. The number of nitrogens with zero attached hydrogens (tertiary/aromatic N) is 3. The second kappa shape index (κ2) is 5.57. The van der Waals surface area contributed by atoms with E-state index in [0.717, 1.165) is 12.8 Å². The minimum absolute atomic E-state index is 0.0351. The van der Waals surface area contributed by atoms with E-state index in [-0.39, 0.29) is 5.56 Å². The molecule has 0 radical (unpaired) electrons. The average Bonchev–Trinajstić information content (AvgIpc) is 2.37. The molecular weight excluding hydrogens is 214 g/mol. The summed E-state index contributed by atoms with van der Waals surface area (Å²) in [5.74, 6) is 0. The zero-order valence-electron chi connectivity index (χ0n) is 10.1. The molecule has 2 rings (SSSR count). The number of hydrogen-bond donors (Lipinski definition) is 0. The van der Waals surface area contributed by atoms with Crippen LogP contribution in [0, 0.1) is 0 Å². The van der Waals surface area contributed by atoms with Gasteiger partial charge in [-0.05, 0) is 18.6 Å². The van der Waals surface area contributed by atoms with Crippen molar-refractivity contribution < 1.29 is 0 Å². The van der Waals surface area contributed by atoms with Gasteiger partial charge >= 0.3 is 0 Å². The number of aromatic nitrogens is 3. The molecule has 90 valence electrons. The molecule has 0 aliphatic heterocycles. The van der Waals surface area contributed by atoms with Crippen LogP contribution < -0.4 is 5.56 Å². The lowest BCUT2D eigenvalue weighted by atomic mass is 10.2. The van der Waals surface area contributed by atoms with Gasteiger partial charge in [0.05, 0.1) is 5.39 Å². The number of rotatable bonds is 5. The highest BCUT2D eigenvalue weighted by atomic mass is 16.1. The highest BCUT2D eigenvalue weighted by Gasteiger charge is 2.03. The summed E-state index contributed by atoms with van der Waals surface area (Å²) >= 11 is 0. The van der Waals surface area contributed by atoms with Crippen LogP contribution in [0.15, 0.2) is 29.1 Å². The van der Waals surface area contributed by atoms with Crippen LogP contribution in [-0.4, -0.2) is 15.0 Å². The van der Waals surface area contributed by atoms with E-state index in [0.29, 0.717) is 17.4 Å². The van der Waals surface area contributed by atoms with E-state index in [1.807, 2.05) is 18.2 Å². The summed E-state index contributed by atoms with van der Waals surface area (Å²) in [6, 6.07) is 7.33. The van der Waals surface area contributed by atoms with Crippen molar-refractivity contribution in [1.82, 2.24) is 15.0 Å². The summed E-state index contributed by atoms with van der Waals surface area (Å²) in [4.78, 5) is 12.1. The molecule has 17 heavy (non-hydrogen) atoms. The zero-order chi connectivity index (χ0) is 12.1. The fourth-order valence-electron chi connectivity index (χ4n) is 1.86. The van der Waals surface area contributed by atoms with Crippen molar-refractivity contribution in [2.24, 2.45) is 0 Å². The third-order valence-electron chi connectivity index (χ3n) is 2.85. The quantitative estimate of drug-likeness (QED) is 0.742. The van der Waals surface area contributed by atoms with E-state index in [1.165, 1.54) is 17.5 Å². The van der Waals surface area contributed by atoms with Gasteiger partial charge in [0, 0.05) is 6.54 Å². The molecule has 0 aliphatic rings. The summed E-state index contributed by atoms with van der Waals surface area (Å²) in [7, 11) is 0. The van der Waals surface area contributed by atoms with Gasteiger partial charge in [-0.2, -0.15) is 0 Å². The van der Waals surface area contributed by atoms with Gasteiger partial charge in [-0.15, -0.1) is 5.10 Å². The second-order valence-electron chi connectivity index (χ2n) is 4.20. The summed E-state index contributed by atoms with van der Waals surface area (Å²) in [5.41, 5.74) is 0.634. The molecule has 0 unspecified atom stereocenters. The molecule has 0 N–H and O–H groups in total. The maximum absolute atomic E-state index is 12.1. The molecule has 0 saturated carbocycles. The summed E-state index contributed by atoms with van der Waals surface area (Å²) < 4.78 is 1.47. The Morgan fingerprint density at radius 1 is 1.18 bits per heavy atom. The van der Waals surface area contributed by atoms with Crippen molar-refractivity contribution in [3.8, 4) is 0 Å². The maximum Gasteiger partial charge on any atom is 0.277 e. The molecule has 2 aromatic rings. The van der Waals surface area contributed by atoms with Gasteiger partial charge in [-0.1, -0.05) is 43.5 Å². The highest BCUT2D eigenvalue weighted by molar-refractivity contribution is 5.76. The maximum atomic E-state index is 12.1. The van der Waals surface area contributed by atoms with Crippen molar-refractivity contribution in [3.63, 3.8) is 0 Å². The molecule has 0 bridgehead atoms. The SMILES string of the molecule is CCCCCCn1nnc2ccccc2c1=O. The molecule has 0 amide bonds. The Kier molecular flexibility index (Phi) is 3.85. The lowest BCUT2D eigenvalue weighted by Gasteiger charge is -2.04. The number of fused-ring (bicyclic) bond motifs is 1. The van der Waals surface area contributed by atoms with Gasteiger partial charge < -0.3 is 0 Å². The van der Waals surface area contributed by atoms with E-state index in [2.05, 4.69) is 17.2 Å². The van der Waals surface area contributed by atoms with Gasteiger partial charge in [-0.25, -0.2) is 4.68 Å². The van der Waals surface area contributed by atoms with E-state index in [9.17, 15) is 4.79 Å². The van der Waals surface area contributed by atoms with Gasteiger partial charge in [0.25, 0.3) is 5.56 Å². The first-order valence-corrected chi connectivity index (χ1v) is 6.15. The first kappa shape index (κ1) is 11.8. The third kappa shape index (κ3) is 2.70. The smallest absolute Gasteiger partial charge is 0.267 e. The fraction of sp³-hybridized carbons (Fsp3) is 0.462. The van der Waals surface area contributed by atoms with Crippen LogP contribution in [-0.2, 0) is 6.54 Å². The number of benzene rings is 1. The number of aryl methyl sites for hydroxylation is 1. The lowest BCUT2D eigenvalue weighted by Crippen LogP contribution is -2.24. The zero-order valence-corrected chi connectivity index (χ0v) is 10.1. The monoisotopic (exact) mass is 231 g/mol. The minimum atomic E-state index is -0.0351. The predicted molar refractivity (Wildman–Crippen MR) is 67.9 cm³/mol. The molecule has 4 heteroatoms. The molecule has 0 saturated heterocycles. The van der Waals surface area contributed by atoms with E-state index in [1.54, 1.807) is 6.07 Å². The first-order chi connectivity index (χ1) is 8.33. The van der Waals surface area contributed by atoms with Crippen LogP contribution in [0.1, 0.15) is 32.6 Å². The Balaban J connectivity index is 2.18. The molecule has 4 nitrogen and oxygen atoms in total. The molecule has 0 atom stereocenters. The number of hydrogen-bond acceptors (Lipinski definition) is 3. The van der Waals surface area contributed by atoms with Crippen LogP contribution in [0.25, 0.3) is 10.9 Å². The second-order valence-corrected chi connectivity index (χ2v) is 4.20. The van der Waals surface area contributed by atoms with Crippen molar-refractivity contribution in [2.75, 3.05) is 0 Å². The Hall–Kier alpha value is -1.71. The predicted octanol–water partition coefficient (Wildman–Crippen LogP) is 2.37. The molecule has 0 spiro atoms. The van der Waals surface area contributed by atoms with Crippen LogP contribution in [0.2, 0.25) is 0 Å². The van der Waals surface area contributed by atoms with Crippen molar-refractivity contribution in [2.45, 2.75) is 39.2 Å². The number of unbranched alkanes of at least 4 members (excludes halogenated alkanes) is 3. The molecule has 0 aliphatic carbocycles. The largest absolute Gasteiger partial charge is 0.277 e. The van der Waals surface area contributed by atoms with E-state index >= 15 is 0 Å². The van der Waals surface area contributed by atoms with Crippen molar-refractivity contribution >= 4 is 10.9 Å². The minimum Gasteiger partial charge on any atom is -0.267 e.